The normalized spacial score (nSPS) is 10.5. The van der Waals surface area contributed by atoms with E-state index in [1.54, 1.807) is 13.2 Å². The third kappa shape index (κ3) is 4.49. The van der Waals surface area contributed by atoms with Gasteiger partial charge in [-0.1, -0.05) is 23.7 Å². The van der Waals surface area contributed by atoms with E-state index >= 15 is 0 Å². The average Bonchev–Trinajstić information content (AvgIpc) is 2.51. The zero-order valence-corrected chi connectivity index (χ0v) is 12.5. The van der Waals surface area contributed by atoms with Crippen LogP contribution in [0.1, 0.15) is 5.56 Å². The Kier molecular flexibility index (Phi) is 5.38. The van der Waals surface area contributed by atoms with E-state index in [4.69, 9.17) is 16.3 Å². The Morgan fingerprint density at radius 2 is 2.09 bits per heavy atom. The number of benzene rings is 2. The molecule has 2 aromatic carbocycles. The van der Waals surface area contributed by atoms with E-state index in [0.29, 0.717) is 5.69 Å². The summed E-state index contributed by atoms with van der Waals surface area (Å²) >= 11 is 5.64. The van der Waals surface area contributed by atoms with Gasteiger partial charge in [-0.3, -0.25) is 0 Å². The summed E-state index contributed by atoms with van der Waals surface area (Å²) in [6.07, 6.45) is 3.22. The predicted molar refractivity (Wildman–Crippen MR) is 85.6 cm³/mol. The zero-order valence-electron chi connectivity index (χ0n) is 11.8. The highest BCUT2D eigenvalue weighted by Gasteiger charge is 2.03. The molecular formula is C16H14ClFN2O2. The van der Waals surface area contributed by atoms with Gasteiger partial charge in [0.15, 0.2) is 0 Å². The van der Waals surface area contributed by atoms with E-state index in [2.05, 4.69) is 10.6 Å². The van der Waals surface area contributed by atoms with Gasteiger partial charge in [0, 0.05) is 11.9 Å². The first-order valence-corrected chi connectivity index (χ1v) is 6.79. The predicted octanol–water partition coefficient (Wildman–Crippen LogP) is 4.28. The van der Waals surface area contributed by atoms with Crippen molar-refractivity contribution in [2.75, 3.05) is 12.4 Å². The van der Waals surface area contributed by atoms with Crippen molar-refractivity contribution in [1.29, 1.82) is 0 Å². The number of methoxy groups -OCH3 is 1. The monoisotopic (exact) mass is 320 g/mol. The van der Waals surface area contributed by atoms with Gasteiger partial charge in [0.2, 0.25) is 0 Å². The van der Waals surface area contributed by atoms with E-state index in [1.807, 2.05) is 24.3 Å². The third-order valence-corrected chi connectivity index (χ3v) is 3.05. The Labute approximate surface area is 132 Å². The fourth-order valence-electron chi connectivity index (χ4n) is 1.70. The summed E-state index contributed by atoms with van der Waals surface area (Å²) in [7, 11) is 1.59. The molecule has 0 fully saturated rings. The molecule has 0 aliphatic heterocycles. The van der Waals surface area contributed by atoms with Crippen LogP contribution in [0.2, 0.25) is 5.02 Å². The highest BCUT2D eigenvalue weighted by molar-refractivity contribution is 6.31. The number of hydrogen-bond donors (Lipinski definition) is 2. The number of carbonyl (C=O) groups is 1. The molecule has 2 amide bonds. The highest BCUT2D eigenvalue weighted by Crippen LogP contribution is 2.19. The van der Waals surface area contributed by atoms with Crippen molar-refractivity contribution >= 4 is 29.4 Å². The van der Waals surface area contributed by atoms with Crippen LogP contribution >= 0.6 is 11.6 Å². The fourth-order valence-corrected chi connectivity index (χ4v) is 1.88. The summed E-state index contributed by atoms with van der Waals surface area (Å²) in [4.78, 5) is 11.7. The van der Waals surface area contributed by atoms with Crippen LogP contribution in [-0.2, 0) is 0 Å². The molecule has 0 aliphatic rings. The molecule has 2 rings (SSSR count). The second-order valence-electron chi connectivity index (χ2n) is 4.34. The first-order chi connectivity index (χ1) is 10.6. The van der Waals surface area contributed by atoms with Crippen molar-refractivity contribution in [3.63, 3.8) is 0 Å². The average molecular weight is 321 g/mol. The lowest BCUT2D eigenvalue weighted by molar-refractivity contribution is 0.255. The van der Waals surface area contributed by atoms with Crippen molar-refractivity contribution in [2.24, 2.45) is 0 Å². The summed E-state index contributed by atoms with van der Waals surface area (Å²) in [5.41, 5.74) is 1.28. The molecule has 0 spiro atoms. The number of anilines is 1. The molecule has 0 aromatic heterocycles. The number of rotatable bonds is 4. The standard InChI is InChI=1S/C16H14ClFN2O2/c1-22-13-4-2-3-11(9-13)7-8-19-16(21)20-12-5-6-15(18)14(17)10-12/h2-10H,1H3,(H2,19,20,21)/b8-7+. The van der Waals surface area contributed by atoms with Gasteiger partial charge >= 0.3 is 6.03 Å². The van der Waals surface area contributed by atoms with E-state index in [1.165, 1.54) is 24.4 Å². The molecule has 22 heavy (non-hydrogen) atoms. The lowest BCUT2D eigenvalue weighted by Crippen LogP contribution is -2.23. The van der Waals surface area contributed by atoms with Crippen molar-refractivity contribution < 1.29 is 13.9 Å². The Hall–Kier alpha value is -2.53. The molecule has 0 bridgehead atoms. The van der Waals surface area contributed by atoms with Crippen molar-refractivity contribution in [1.82, 2.24) is 5.32 Å². The topological polar surface area (TPSA) is 50.4 Å². The van der Waals surface area contributed by atoms with Gasteiger partial charge in [-0.15, -0.1) is 0 Å². The van der Waals surface area contributed by atoms with Crippen LogP contribution in [0.25, 0.3) is 6.08 Å². The van der Waals surface area contributed by atoms with Gasteiger partial charge in [-0.2, -0.15) is 0 Å². The summed E-state index contributed by atoms with van der Waals surface area (Å²) in [5, 5.41) is 5.03. The van der Waals surface area contributed by atoms with Crippen LogP contribution in [0.5, 0.6) is 5.75 Å². The Bertz CT molecular complexity index is 704. The summed E-state index contributed by atoms with van der Waals surface area (Å²) in [5.74, 6) is 0.193. The van der Waals surface area contributed by atoms with Gasteiger partial charge in [0.1, 0.15) is 11.6 Å². The van der Waals surface area contributed by atoms with Gasteiger partial charge in [-0.05, 0) is 42.0 Å². The number of hydrogen-bond acceptors (Lipinski definition) is 2. The number of carbonyl (C=O) groups excluding carboxylic acids is 1. The number of nitrogens with one attached hydrogen (secondary N) is 2. The maximum absolute atomic E-state index is 13.0. The van der Waals surface area contributed by atoms with Crippen molar-refractivity contribution in [2.45, 2.75) is 0 Å². The van der Waals surface area contributed by atoms with Crippen molar-refractivity contribution in [3.05, 3.63) is 65.1 Å². The number of ether oxygens (including phenoxy) is 1. The number of halogens is 2. The maximum atomic E-state index is 13.0. The molecule has 114 valence electrons. The van der Waals surface area contributed by atoms with E-state index in [0.717, 1.165) is 11.3 Å². The first kappa shape index (κ1) is 15.9. The van der Waals surface area contributed by atoms with E-state index in [9.17, 15) is 9.18 Å². The summed E-state index contributed by atoms with van der Waals surface area (Å²) in [6.45, 7) is 0. The van der Waals surface area contributed by atoms with E-state index < -0.39 is 11.8 Å². The molecule has 0 atom stereocenters. The van der Waals surface area contributed by atoms with Crippen LogP contribution < -0.4 is 15.4 Å². The minimum absolute atomic E-state index is 0.0512. The van der Waals surface area contributed by atoms with Gasteiger partial charge in [-0.25, -0.2) is 9.18 Å². The fraction of sp³-hybridized carbons (Fsp3) is 0.0625. The summed E-state index contributed by atoms with van der Waals surface area (Å²) < 4.78 is 18.1. The molecule has 0 radical (unpaired) electrons. The van der Waals surface area contributed by atoms with Crippen LogP contribution in [0.4, 0.5) is 14.9 Å². The zero-order chi connectivity index (χ0) is 15.9. The molecule has 0 saturated heterocycles. The molecule has 0 saturated carbocycles. The highest BCUT2D eigenvalue weighted by atomic mass is 35.5. The number of urea groups is 1. The largest absolute Gasteiger partial charge is 0.497 e. The Morgan fingerprint density at radius 1 is 1.27 bits per heavy atom. The minimum atomic E-state index is -0.537. The molecule has 0 heterocycles. The number of amides is 2. The molecule has 2 N–H and O–H groups in total. The molecule has 2 aromatic rings. The maximum Gasteiger partial charge on any atom is 0.323 e. The summed E-state index contributed by atoms with van der Waals surface area (Å²) in [6, 6.07) is 10.9. The van der Waals surface area contributed by atoms with Gasteiger partial charge in [0.25, 0.3) is 0 Å². The Balaban J connectivity index is 1.91. The SMILES string of the molecule is COc1cccc(/C=C/NC(=O)Nc2ccc(F)c(Cl)c2)c1. The van der Waals surface area contributed by atoms with E-state index in [-0.39, 0.29) is 5.02 Å². The lowest BCUT2D eigenvalue weighted by atomic mass is 10.2. The second-order valence-corrected chi connectivity index (χ2v) is 4.74. The second kappa shape index (κ2) is 7.47. The Morgan fingerprint density at radius 3 is 2.82 bits per heavy atom. The quantitative estimate of drug-likeness (QED) is 0.883. The van der Waals surface area contributed by atoms with Gasteiger partial charge < -0.3 is 15.4 Å². The van der Waals surface area contributed by atoms with Crippen molar-refractivity contribution in [3.8, 4) is 5.75 Å². The molecular weight excluding hydrogens is 307 g/mol. The van der Waals surface area contributed by atoms with Gasteiger partial charge in [0.05, 0.1) is 12.1 Å². The van der Waals surface area contributed by atoms with Crippen LogP contribution in [0.3, 0.4) is 0 Å². The molecule has 6 heteroatoms. The van der Waals surface area contributed by atoms with Crippen LogP contribution in [-0.4, -0.2) is 13.1 Å². The third-order valence-electron chi connectivity index (χ3n) is 2.76. The van der Waals surface area contributed by atoms with Crippen LogP contribution in [0, 0.1) is 5.82 Å². The first-order valence-electron chi connectivity index (χ1n) is 6.41. The van der Waals surface area contributed by atoms with Crippen LogP contribution in [0.15, 0.2) is 48.7 Å². The molecule has 0 unspecified atom stereocenters. The smallest absolute Gasteiger partial charge is 0.323 e. The lowest BCUT2D eigenvalue weighted by Gasteiger charge is -2.05. The molecule has 4 nitrogen and oxygen atoms in total. The minimum Gasteiger partial charge on any atom is -0.497 e. The molecule has 0 aliphatic carbocycles.